The predicted octanol–water partition coefficient (Wildman–Crippen LogP) is 2.53. The van der Waals surface area contributed by atoms with Gasteiger partial charge < -0.3 is 15.0 Å². The molecule has 2 N–H and O–H groups in total. The van der Waals surface area contributed by atoms with Gasteiger partial charge in [-0.2, -0.15) is 9.59 Å². The van der Waals surface area contributed by atoms with Gasteiger partial charge in [0, 0.05) is 30.9 Å². The Hall–Kier alpha value is -2.17. The van der Waals surface area contributed by atoms with Crippen molar-refractivity contribution in [2.24, 2.45) is 5.92 Å². The molecule has 3 atom stereocenters. The van der Waals surface area contributed by atoms with Crippen molar-refractivity contribution in [2.75, 3.05) is 11.9 Å². The van der Waals surface area contributed by atoms with Crippen molar-refractivity contribution in [3.8, 4) is 0 Å². The van der Waals surface area contributed by atoms with Gasteiger partial charge in [0.1, 0.15) is 5.65 Å². The smallest absolute Gasteiger partial charge is 0.373 e. The third-order valence-corrected chi connectivity index (χ3v) is 4.99. The third-order valence-electron chi connectivity index (χ3n) is 4.99. The number of carbonyl (C=O) groups excluding carboxylic acids is 2. The molecule has 130 valence electrons. The van der Waals surface area contributed by atoms with Gasteiger partial charge in [-0.15, -0.1) is 0 Å². The number of aryl methyl sites for hydroxylation is 1. The van der Waals surface area contributed by atoms with E-state index in [1.54, 1.807) is 0 Å². The van der Waals surface area contributed by atoms with Crippen LogP contribution in [0.3, 0.4) is 0 Å². The molecular weight excluding hydrogens is 306 g/mol. The van der Waals surface area contributed by atoms with Crippen LogP contribution in [0.15, 0.2) is 18.5 Å². The van der Waals surface area contributed by atoms with Crippen molar-refractivity contribution in [1.82, 2.24) is 9.97 Å². The maximum absolute atomic E-state index is 10.0. The van der Waals surface area contributed by atoms with Crippen molar-refractivity contribution in [1.29, 1.82) is 0 Å². The average molecular weight is 331 g/mol. The minimum atomic E-state index is -0.165. The fraction of sp³-hybridized carbons (Fsp3) is 0.556. The standard InChI is InChI=1S/C17H25N3O.CO2/c1-4-12-10-19-17-14(7-8-18-17)16(12)20(3)15-9-13(21)6-5-11(15)2;2-1-3/h7-8,10-11,13,15,21H,4-6,9H2,1-3H3,(H,18,19);/t11-,13-,15-;/m1./s1. The highest BCUT2D eigenvalue weighted by Gasteiger charge is 2.31. The summed E-state index contributed by atoms with van der Waals surface area (Å²) in [4.78, 5) is 26.3. The molecular formula is C18H25N3O3. The average Bonchev–Trinajstić information content (AvgIpc) is 3.04. The first kappa shape index (κ1) is 18.2. The lowest BCUT2D eigenvalue weighted by Gasteiger charge is -2.40. The van der Waals surface area contributed by atoms with Gasteiger partial charge in [0.05, 0.1) is 11.8 Å². The molecule has 3 rings (SSSR count). The second-order valence-electron chi connectivity index (χ2n) is 6.43. The number of hydrogen-bond donors (Lipinski definition) is 2. The molecule has 6 nitrogen and oxygen atoms in total. The van der Waals surface area contributed by atoms with Crippen LogP contribution in [0.1, 0.15) is 38.7 Å². The van der Waals surface area contributed by atoms with Crippen LogP contribution in [0.25, 0.3) is 11.0 Å². The number of nitrogens with zero attached hydrogens (tertiary/aromatic N) is 2. The Bertz CT molecular complexity index is 707. The van der Waals surface area contributed by atoms with E-state index >= 15 is 0 Å². The van der Waals surface area contributed by atoms with E-state index in [1.165, 1.54) is 16.6 Å². The van der Waals surface area contributed by atoms with E-state index in [0.717, 1.165) is 31.3 Å². The number of fused-ring (bicyclic) bond motifs is 1. The summed E-state index contributed by atoms with van der Waals surface area (Å²) in [5.74, 6) is 0.602. The Kier molecular flexibility index (Phi) is 6.12. The van der Waals surface area contributed by atoms with Crippen LogP contribution in [0.5, 0.6) is 0 Å². The highest BCUT2D eigenvalue weighted by molar-refractivity contribution is 5.91. The van der Waals surface area contributed by atoms with E-state index in [0.29, 0.717) is 12.0 Å². The first-order chi connectivity index (χ1) is 11.5. The summed E-state index contributed by atoms with van der Waals surface area (Å²) >= 11 is 0. The molecule has 0 radical (unpaired) electrons. The SMILES string of the molecule is CCc1cnc2[nH]ccc2c1N(C)[C@@H]1C[C@H](O)CC[C@H]1C.O=C=O. The molecule has 1 aliphatic carbocycles. The highest BCUT2D eigenvalue weighted by atomic mass is 16.3. The summed E-state index contributed by atoms with van der Waals surface area (Å²) in [6.45, 7) is 4.47. The zero-order valence-electron chi connectivity index (χ0n) is 14.5. The quantitative estimate of drug-likeness (QED) is 0.902. The molecule has 1 saturated carbocycles. The molecule has 1 fully saturated rings. The summed E-state index contributed by atoms with van der Waals surface area (Å²) in [5, 5.41) is 11.2. The van der Waals surface area contributed by atoms with Gasteiger partial charge in [0.2, 0.25) is 0 Å². The van der Waals surface area contributed by atoms with Gasteiger partial charge in [0.15, 0.2) is 0 Å². The van der Waals surface area contributed by atoms with Crippen LogP contribution < -0.4 is 4.90 Å². The van der Waals surface area contributed by atoms with Gasteiger partial charge in [0.25, 0.3) is 0 Å². The van der Waals surface area contributed by atoms with Crippen molar-refractivity contribution in [3.05, 3.63) is 24.0 Å². The maximum atomic E-state index is 10.0. The number of hydrogen-bond acceptors (Lipinski definition) is 5. The number of nitrogens with one attached hydrogen (secondary N) is 1. The monoisotopic (exact) mass is 331 g/mol. The lowest BCUT2D eigenvalue weighted by molar-refractivity contribution is -0.191. The second-order valence-corrected chi connectivity index (χ2v) is 6.43. The van der Waals surface area contributed by atoms with Crippen molar-refractivity contribution in [2.45, 2.75) is 51.7 Å². The van der Waals surface area contributed by atoms with E-state index in [1.807, 2.05) is 12.4 Å². The summed E-state index contributed by atoms with van der Waals surface area (Å²) in [6.07, 6.45) is 7.87. The molecule has 0 aromatic carbocycles. The molecule has 2 heterocycles. The number of H-pyrrole nitrogens is 1. The minimum absolute atomic E-state index is 0.165. The Morgan fingerprint density at radius 1 is 1.42 bits per heavy atom. The molecule has 2 aromatic heterocycles. The Morgan fingerprint density at radius 2 is 2.12 bits per heavy atom. The molecule has 1 aliphatic rings. The maximum Gasteiger partial charge on any atom is 0.373 e. The van der Waals surface area contributed by atoms with E-state index in [9.17, 15) is 5.11 Å². The van der Waals surface area contributed by atoms with E-state index in [-0.39, 0.29) is 12.3 Å². The van der Waals surface area contributed by atoms with Gasteiger partial charge >= 0.3 is 6.15 Å². The van der Waals surface area contributed by atoms with Crippen LogP contribution in [0.4, 0.5) is 5.69 Å². The van der Waals surface area contributed by atoms with Gasteiger partial charge in [-0.3, -0.25) is 0 Å². The lowest BCUT2D eigenvalue weighted by atomic mass is 9.83. The lowest BCUT2D eigenvalue weighted by Crippen LogP contribution is -2.43. The highest BCUT2D eigenvalue weighted by Crippen LogP contribution is 2.35. The zero-order valence-corrected chi connectivity index (χ0v) is 14.5. The van der Waals surface area contributed by atoms with Gasteiger partial charge in [-0.05, 0) is 43.2 Å². The number of anilines is 1. The molecule has 0 amide bonds. The molecule has 0 unspecified atom stereocenters. The molecule has 0 saturated heterocycles. The Morgan fingerprint density at radius 3 is 2.79 bits per heavy atom. The normalized spacial score (nSPS) is 23.2. The first-order valence-electron chi connectivity index (χ1n) is 8.38. The largest absolute Gasteiger partial charge is 0.393 e. The van der Waals surface area contributed by atoms with Crippen LogP contribution >= 0.6 is 0 Å². The third kappa shape index (κ3) is 3.66. The van der Waals surface area contributed by atoms with Crippen LogP contribution in [-0.4, -0.2) is 40.4 Å². The predicted molar refractivity (Wildman–Crippen MR) is 91.7 cm³/mol. The molecule has 6 heteroatoms. The number of aliphatic hydroxyl groups is 1. The first-order valence-corrected chi connectivity index (χ1v) is 8.38. The summed E-state index contributed by atoms with van der Waals surface area (Å²) in [6, 6.07) is 2.50. The minimum Gasteiger partial charge on any atom is -0.393 e. The summed E-state index contributed by atoms with van der Waals surface area (Å²) in [5.41, 5.74) is 3.49. The van der Waals surface area contributed by atoms with Crippen molar-refractivity contribution >= 4 is 22.9 Å². The summed E-state index contributed by atoms with van der Waals surface area (Å²) < 4.78 is 0. The number of pyridine rings is 1. The Labute approximate surface area is 141 Å². The Balaban J connectivity index is 0.000000647. The number of aromatic nitrogens is 2. The molecule has 0 spiro atoms. The van der Waals surface area contributed by atoms with Gasteiger partial charge in [-0.25, -0.2) is 4.98 Å². The molecule has 2 aromatic rings. The molecule has 0 bridgehead atoms. The number of aliphatic hydroxyl groups excluding tert-OH is 1. The molecule has 0 aliphatic heterocycles. The van der Waals surface area contributed by atoms with Gasteiger partial charge in [-0.1, -0.05) is 13.8 Å². The van der Waals surface area contributed by atoms with Crippen LogP contribution in [0.2, 0.25) is 0 Å². The fourth-order valence-electron chi connectivity index (χ4n) is 3.69. The summed E-state index contributed by atoms with van der Waals surface area (Å²) in [7, 11) is 2.17. The van der Waals surface area contributed by atoms with E-state index in [4.69, 9.17) is 9.59 Å². The topological polar surface area (TPSA) is 86.3 Å². The van der Waals surface area contributed by atoms with Crippen LogP contribution in [-0.2, 0) is 16.0 Å². The van der Waals surface area contributed by atoms with E-state index in [2.05, 4.69) is 41.8 Å². The number of aromatic amines is 1. The van der Waals surface area contributed by atoms with Crippen LogP contribution in [0, 0.1) is 5.92 Å². The van der Waals surface area contributed by atoms with E-state index < -0.39 is 0 Å². The number of rotatable bonds is 3. The second kappa shape index (κ2) is 8.08. The zero-order chi connectivity index (χ0) is 17.7. The van der Waals surface area contributed by atoms with Crippen molar-refractivity contribution < 1.29 is 14.7 Å². The fourth-order valence-corrected chi connectivity index (χ4v) is 3.69. The molecule has 24 heavy (non-hydrogen) atoms. The van der Waals surface area contributed by atoms with Crippen molar-refractivity contribution in [3.63, 3.8) is 0 Å².